The second-order valence-electron chi connectivity index (χ2n) is 7.31. The van der Waals surface area contributed by atoms with Gasteiger partial charge in [0.05, 0.1) is 23.0 Å². The summed E-state index contributed by atoms with van der Waals surface area (Å²) in [6, 6.07) is 18.1. The zero-order chi connectivity index (χ0) is 24.2. The van der Waals surface area contributed by atoms with Gasteiger partial charge in [0.1, 0.15) is 6.61 Å². The number of thioether (sulfide) groups is 1. The molecule has 34 heavy (non-hydrogen) atoms. The molecular formula is C25H18BrCl2NO4S. The summed E-state index contributed by atoms with van der Waals surface area (Å²) in [5, 5.41) is 0.832. The Kier molecular flexibility index (Phi) is 7.88. The molecule has 3 aromatic rings. The number of carbonyl (C=O) groups is 2. The molecule has 1 aliphatic rings. The number of methoxy groups -OCH3 is 1. The second kappa shape index (κ2) is 10.9. The van der Waals surface area contributed by atoms with E-state index in [-0.39, 0.29) is 24.3 Å². The van der Waals surface area contributed by atoms with Crippen molar-refractivity contribution in [2.45, 2.75) is 13.2 Å². The quantitative estimate of drug-likeness (QED) is 0.270. The van der Waals surface area contributed by atoms with E-state index in [4.69, 9.17) is 32.7 Å². The fraction of sp³-hybridized carbons (Fsp3) is 0.120. The molecule has 9 heteroatoms. The van der Waals surface area contributed by atoms with E-state index in [9.17, 15) is 9.59 Å². The molecule has 0 aliphatic carbocycles. The maximum Gasteiger partial charge on any atom is 0.293 e. The van der Waals surface area contributed by atoms with Gasteiger partial charge in [0.25, 0.3) is 11.1 Å². The Bertz CT molecular complexity index is 1300. The number of halogens is 3. The highest BCUT2D eigenvalue weighted by atomic mass is 79.9. The summed E-state index contributed by atoms with van der Waals surface area (Å²) < 4.78 is 12.1. The van der Waals surface area contributed by atoms with Crippen LogP contribution >= 0.6 is 50.9 Å². The Morgan fingerprint density at radius 1 is 1.06 bits per heavy atom. The fourth-order valence-corrected chi connectivity index (χ4v) is 5.15. The SMILES string of the molecule is COc1cc(/C=C2\SC(=O)N(Cc3cccc(Cl)c3)C2=O)cc(Br)c1OCc1ccccc1Cl. The van der Waals surface area contributed by atoms with Crippen LogP contribution in [0, 0.1) is 0 Å². The van der Waals surface area contributed by atoms with Gasteiger partial charge in [0.2, 0.25) is 0 Å². The molecule has 1 fully saturated rings. The molecular weight excluding hydrogens is 561 g/mol. The maximum absolute atomic E-state index is 12.9. The summed E-state index contributed by atoms with van der Waals surface area (Å²) in [6.45, 7) is 0.417. The van der Waals surface area contributed by atoms with Crippen LogP contribution in [0.3, 0.4) is 0 Å². The van der Waals surface area contributed by atoms with E-state index in [1.807, 2.05) is 24.3 Å². The van der Waals surface area contributed by atoms with Crippen LogP contribution < -0.4 is 9.47 Å². The van der Waals surface area contributed by atoms with Gasteiger partial charge in [-0.3, -0.25) is 14.5 Å². The van der Waals surface area contributed by atoms with Crippen molar-refractivity contribution in [1.82, 2.24) is 4.90 Å². The van der Waals surface area contributed by atoms with Crippen molar-refractivity contribution >= 4 is 68.1 Å². The molecule has 3 aromatic carbocycles. The van der Waals surface area contributed by atoms with Crippen LogP contribution in [0.25, 0.3) is 6.08 Å². The number of carbonyl (C=O) groups excluding carboxylic acids is 2. The summed E-state index contributed by atoms with van der Waals surface area (Å²) in [5.41, 5.74) is 2.30. The van der Waals surface area contributed by atoms with Crippen LogP contribution in [0.5, 0.6) is 11.5 Å². The van der Waals surface area contributed by atoms with Crippen LogP contribution in [0.2, 0.25) is 10.0 Å². The van der Waals surface area contributed by atoms with Gasteiger partial charge in [0.15, 0.2) is 11.5 Å². The zero-order valence-electron chi connectivity index (χ0n) is 17.9. The van der Waals surface area contributed by atoms with Crippen LogP contribution in [0.1, 0.15) is 16.7 Å². The third kappa shape index (κ3) is 5.61. The lowest BCUT2D eigenvalue weighted by Crippen LogP contribution is -2.27. The molecule has 0 bridgehead atoms. The van der Waals surface area contributed by atoms with Crippen molar-refractivity contribution < 1.29 is 19.1 Å². The van der Waals surface area contributed by atoms with Crippen molar-refractivity contribution in [3.05, 3.63) is 96.8 Å². The third-order valence-electron chi connectivity index (χ3n) is 4.98. The molecule has 174 valence electrons. The van der Waals surface area contributed by atoms with E-state index >= 15 is 0 Å². The summed E-state index contributed by atoms with van der Waals surface area (Å²) in [7, 11) is 1.53. The van der Waals surface area contributed by atoms with Gasteiger partial charge in [-0.1, -0.05) is 53.5 Å². The Hall–Kier alpha value is -2.45. The van der Waals surface area contributed by atoms with E-state index in [0.717, 1.165) is 22.9 Å². The topological polar surface area (TPSA) is 55.8 Å². The summed E-state index contributed by atoms with van der Waals surface area (Å²) in [5.74, 6) is 0.628. The molecule has 0 saturated carbocycles. The molecule has 5 nitrogen and oxygen atoms in total. The molecule has 0 N–H and O–H groups in total. The van der Waals surface area contributed by atoms with E-state index in [2.05, 4.69) is 15.9 Å². The average molecular weight is 579 g/mol. The predicted molar refractivity (Wildman–Crippen MR) is 139 cm³/mol. The van der Waals surface area contributed by atoms with E-state index in [1.165, 1.54) is 12.0 Å². The number of hydrogen-bond donors (Lipinski definition) is 0. The van der Waals surface area contributed by atoms with Crippen LogP contribution in [0.15, 0.2) is 70.0 Å². The molecule has 2 amide bonds. The van der Waals surface area contributed by atoms with Crippen molar-refractivity contribution in [3.8, 4) is 11.5 Å². The number of ether oxygens (including phenoxy) is 2. The largest absolute Gasteiger partial charge is 0.493 e. The van der Waals surface area contributed by atoms with E-state index in [1.54, 1.807) is 42.5 Å². The fourth-order valence-electron chi connectivity index (χ4n) is 3.33. The molecule has 1 saturated heterocycles. The summed E-state index contributed by atoms with van der Waals surface area (Å²) in [6.07, 6.45) is 1.66. The molecule has 1 heterocycles. The first-order valence-corrected chi connectivity index (χ1v) is 12.5. The third-order valence-corrected chi connectivity index (χ3v) is 7.08. The molecule has 0 spiro atoms. The lowest BCUT2D eigenvalue weighted by atomic mass is 10.1. The number of benzene rings is 3. The average Bonchev–Trinajstić information content (AvgIpc) is 3.06. The molecule has 4 rings (SSSR count). The van der Waals surface area contributed by atoms with Gasteiger partial charge < -0.3 is 9.47 Å². The first-order chi connectivity index (χ1) is 16.4. The van der Waals surface area contributed by atoms with Gasteiger partial charge in [-0.2, -0.15) is 0 Å². The number of amides is 2. The lowest BCUT2D eigenvalue weighted by molar-refractivity contribution is -0.123. The number of nitrogens with zero attached hydrogens (tertiary/aromatic N) is 1. The van der Waals surface area contributed by atoms with Gasteiger partial charge in [0, 0.05) is 15.6 Å². The smallest absolute Gasteiger partial charge is 0.293 e. The Morgan fingerprint density at radius 2 is 1.85 bits per heavy atom. The first kappa shape index (κ1) is 24.7. The normalized spacial score (nSPS) is 14.7. The van der Waals surface area contributed by atoms with Crippen LogP contribution in [-0.4, -0.2) is 23.2 Å². The molecule has 1 aliphatic heterocycles. The highest BCUT2D eigenvalue weighted by Crippen LogP contribution is 2.40. The highest BCUT2D eigenvalue weighted by Gasteiger charge is 2.35. The molecule has 0 aromatic heterocycles. The Morgan fingerprint density at radius 3 is 2.59 bits per heavy atom. The van der Waals surface area contributed by atoms with Crippen LogP contribution in [0.4, 0.5) is 4.79 Å². The van der Waals surface area contributed by atoms with Gasteiger partial charge in [-0.15, -0.1) is 0 Å². The number of hydrogen-bond acceptors (Lipinski definition) is 5. The zero-order valence-corrected chi connectivity index (χ0v) is 21.8. The minimum absolute atomic E-state index is 0.157. The number of imide groups is 1. The first-order valence-electron chi connectivity index (χ1n) is 10.1. The van der Waals surface area contributed by atoms with E-state index < -0.39 is 0 Å². The van der Waals surface area contributed by atoms with Gasteiger partial charge in [-0.25, -0.2) is 0 Å². The van der Waals surface area contributed by atoms with Gasteiger partial charge in [-0.05, 0) is 75.2 Å². The lowest BCUT2D eigenvalue weighted by Gasteiger charge is -2.14. The van der Waals surface area contributed by atoms with Crippen molar-refractivity contribution in [1.29, 1.82) is 0 Å². The Balaban J connectivity index is 1.54. The second-order valence-corrected chi connectivity index (χ2v) is 10.0. The minimum Gasteiger partial charge on any atom is -0.493 e. The van der Waals surface area contributed by atoms with Gasteiger partial charge >= 0.3 is 0 Å². The standard InChI is InChI=1S/C25H18BrCl2NO4S/c1-32-21-11-16(10-19(26)23(21)33-14-17-6-2-3-8-20(17)28)12-22-24(30)29(25(31)34-22)13-15-5-4-7-18(27)9-15/h2-12H,13-14H2,1H3/b22-12-. The molecule has 0 unspecified atom stereocenters. The van der Waals surface area contributed by atoms with Crippen molar-refractivity contribution in [2.75, 3.05) is 7.11 Å². The van der Waals surface area contributed by atoms with Crippen molar-refractivity contribution in [3.63, 3.8) is 0 Å². The monoisotopic (exact) mass is 577 g/mol. The maximum atomic E-state index is 12.9. The van der Waals surface area contributed by atoms with Crippen molar-refractivity contribution in [2.24, 2.45) is 0 Å². The molecule has 0 atom stereocenters. The van der Waals surface area contributed by atoms with E-state index in [0.29, 0.717) is 36.5 Å². The number of rotatable bonds is 7. The summed E-state index contributed by atoms with van der Waals surface area (Å²) >= 11 is 16.7. The predicted octanol–water partition coefficient (Wildman–Crippen LogP) is 7.58. The molecule has 0 radical (unpaired) electrons. The highest BCUT2D eigenvalue weighted by molar-refractivity contribution is 9.10. The summed E-state index contributed by atoms with van der Waals surface area (Å²) in [4.78, 5) is 26.9. The van der Waals surface area contributed by atoms with Crippen LogP contribution in [-0.2, 0) is 17.9 Å². The minimum atomic E-state index is -0.357. The Labute approximate surface area is 219 Å².